The van der Waals surface area contributed by atoms with Gasteiger partial charge in [0.1, 0.15) is 5.75 Å². The number of methoxy groups -OCH3 is 1. The Morgan fingerprint density at radius 3 is 2.86 bits per heavy atom. The van der Waals surface area contributed by atoms with Crippen LogP contribution in [-0.4, -0.2) is 25.7 Å². The Bertz CT molecular complexity index is 570. The summed E-state index contributed by atoms with van der Waals surface area (Å²) in [5.74, 6) is 0.919. The van der Waals surface area contributed by atoms with Crippen LogP contribution >= 0.6 is 11.3 Å². The monoisotopic (exact) mass is 305 g/mol. The number of nitrogens with one attached hydrogen (secondary N) is 1. The molecule has 0 fully saturated rings. The second-order valence-electron chi connectivity index (χ2n) is 5.00. The number of benzene rings is 1. The number of rotatable bonds is 7. The normalized spacial score (nSPS) is 12.2. The summed E-state index contributed by atoms with van der Waals surface area (Å²) < 4.78 is 5.40. The Morgan fingerprint density at radius 2 is 2.14 bits per heavy atom. The van der Waals surface area contributed by atoms with Crippen molar-refractivity contribution in [2.24, 2.45) is 0 Å². The molecule has 1 heterocycles. The van der Waals surface area contributed by atoms with Crippen molar-refractivity contribution in [1.29, 1.82) is 0 Å². The lowest BCUT2D eigenvalue weighted by atomic mass is 10.2. The summed E-state index contributed by atoms with van der Waals surface area (Å²) in [5, 5.41) is 6.54. The van der Waals surface area contributed by atoms with Gasteiger partial charge in [0.2, 0.25) is 0 Å². The van der Waals surface area contributed by atoms with Crippen molar-refractivity contribution < 1.29 is 4.74 Å². The molecular weight excluding hydrogens is 282 g/mol. The number of anilines is 1. The SMILES string of the molecule is CCNC(C)c1csc(N(C)Cc2ccccc2OC)n1. The zero-order valence-corrected chi connectivity index (χ0v) is 13.9. The largest absolute Gasteiger partial charge is 0.496 e. The highest BCUT2D eigenvalue weighted by Crippen LogP contribution is 2.26. The van der Waals surface area contributed by atoms with Gasteiger partial charge in [0.25, 0.3) is 0 Å². The molecule has 21 heavy (non-hydrogen) atoms. The Morgan fingerprint density at radius 1 is 1.38 bits per heavy atom. The molecule has 0 aliphatic carbocycles. The molecule has 0 spiro atoms. The fraction of sp³-hybridized carbons (Fsp3) is 0.438. The third-order valence-electron chi connectivity index (χ3n) is 3.39. The summed E-state index contributed by atoms with van der Waals surface area (Å²) in [6.07, 6.45) is 0. The van der Waals surface area contributed by atoms with Gasteiger partial charge >= 0.3 is 0 Å². The molecule has 0 bridgehead atoms. The molecule has 0 aliphatic heterocycles. The predicted molar refractivity (Wildman–Crippen MR) is 89.3 cm³/mol. The Kier molecular flexibility index (Phi) is 5.59. The zero-order valence-electron chi connectivity index (χ0n) is 13.1. The lowest BCUT2D eigenvalue weighted by Crippen LogP contribution is -2.19. The number of aromatic nitrogens is 1. The van der Waals surface area contributed by atoms with Crippen LogP contribution in [0.15, 0.2) is 29.6 Å². The van der Waals surface area contributed by atoms with Crippen molar-refractivity contribution in [3.8, 4) is 5.75 Å². The quantitative estimate of drug-likeness (QED) is 0.850. The zero-order chi connectivity index (χ0) is 15.2. The van der Waals surface area contributed by atoms with E-state index in [4.69, 9.17) is 9.72 Å². The van der Waals surface area contributed by atoms with Gasteiger partial charge in [0.05, 0.1) is 12.8 Å². The number of hydrogen-bond acceptors (Lipinski definition) is 5. The average molecular weight is 305 g/mol. The first-order valence-corrected chi connectivity index (χ1v) is 8.05. The highest BCUT2D eigenvalue weighted by molar-refractivity contribution is 7.13. The molecule has 0 aliphatic rings. The molecule has 1 N–H and O–H groups in total. The van der Waals surface area contributed by atoms with E-state index in [0.717, 1.165) is 29.7 Å². The minimum atomic E-state index is 0.291. The highest BCUT2D eigenvalue weighted by Gasteiger charge is 2.13. The second kappa shape index (κ2) is 7.43. The maximum absolute atomic E-state index is 5.40. The van der Waals surface area contributed by atoms with Gasteiger partial charge in [0.15, 0.2) is 5.13 Å². The first-order chi connectivity index (χ1) is 10.2. The third-order valence-corrected chi connectivity index (χ3v) is 4.36. The summed E-state index contributed by atoms with van der Waals surface area (Å²) in [6, 6.07) is 8.39. The van der Waals surface area contributed by atoms with Gasteiger partial charge in [-0.3, -0.25) is 0 Å². The molecular formula is C16H23N3OS. The van der Waals surface area contributed by atoms with E-state index in [1.165, 1.54) is 5.56 Å². The van der Waals surface area contributed by atoms with Gasteiger partial charge < -0.3 is 15.0 Å². The minimum Gasteiger partial charge on any atom is -0.496 e. The van der Waals surface area contributed by atoms with Crippen LogP contribution in [0.3, 0.4) is 0 Å². The molecule has 0 amide bonds. The van der Waals surface area contributed by atoms with E-state index in [2.05, 4.69) is 42.6 Å². The van der Waals surface area contributed by atoms with Crippen molar-refractivity contribution in [1.82, 2.24) is 10.3 Å². The van der Waals surface area contributed by atoms with Gasteiger partial charge in [-0.2, -0.15) is 0 Å². The fourth-order valence-corrected chi connectivity index (χ4v) is 3.10. The van der Waals surface area contributed by atoms with E-state index >= 15 is 0 Å². The molecule has 1 aromatic heterocycles. The first kappa shape index (κ1) is 15.8. The summed E-state index contributed by atoms with van der Waals surface area (Å²) >= 11 is 1.68. The Balaban J connectivity index is 2.08. The number of nitrogens with zero attached hydrogens (tertiary/aromatic N) is 2. The number of ether oxygens (including phenoxy) is 1. The molecule has 1 atom stereocenters. The maximum atomic E-state index is 5.40. The van der Waals surface area contributed by atoms with E-state index < -0.39 is 0 Å². The number of para-hydroxylation sites is 1. The molecule has 2 rings (SSSR count). The summed E-state index contributed by atoms with van der Waals surface area (Å²) in [6.45, 7) is 5.98. The lowest BCUT2D eigenvalue weighted by Gasteiger charge is -2.17. The smallest absolute Gasteiger partial charge is 0.185 e. The number of hydrogen-bond donors (Lipinski definition) is 1. The van der Waals surface area contributed by atoms with Gasteiger partial charge in [0, 0.05) is 30.6 Å². The maximum Gasteiger partial charge on any atom is 0.185 e. The lowest BCUT2D eigenvalue weighted by molar-refractivity contribution is 0.409. The van der Waals surface area contributed by atoms with Crippen LogP contribution in [0.4, 0.5) is 5.13 Å². The summed E-state index contributed by atoms with van der Waals surface area (Å²) in [4.78, 5) is 6.88. The van der Waals surface area contributed by atoms with Crippen molar-refractivity contribution in [2.45, 2.75) is 26.4 Å². The minimum absolute atomic E-state index is 0.291. The van der Waals surface area contributed by atoms with Crippen LogP contribution in [-0.2, 0) is 6.54 Å². The Hall–Kier alpha value is -1.59. The standard InChI is InChI=1S/C16H23N3OS/c1-5-17-12(2)14-11-21-16(18-14)19(3)10-13-8-6-7-9-15(13)20-4/h6-9,11-12,17H,5,10H2,1-4H3. The molecule has 114 valence electrons. The van der Waals surface area contributed by atoms with E-state index in [9.17, 15) is 0 Å². The van der Waals surface area contributed by atoms with Crippen LogP contribution < -0.4 is 15.0 Å². The van der Waals surface area contributed by atoms with Gasteiger partial charge in [-0.15, -0.1) is 11.3 Å². The van der Waals surface area contributed by atoms with E-state index in [-0.39, 0.29) is 0 Å². The predicted octanol–water partition coefficient (Wildman–Crippen LogP) is 3.46. The van der Waals surface area contributed by atoms with Crippen LogP contribution in [0.5, 0.6) is 5.75 Å². The summed E-state index contributed by atoms with van der Waals surface area (Å²) in [5.41, 5.74) is 2.27. The average Bonchev–Trinajstić information content (AvgIpc) is 2.98. The third kappa shape index (κ3) is 3.95. The van der Waals surface area contributed by atoms with Crippen LogP contribution in [0.1, 0.15) is 31.1 Å². The van der Waals surface area contributed by atoms with Gasteiger partial charge in [-0.25, -0.2) is 4.98 Å². The molecule has 1 aromatic carbocycles. The second-order valence-corrected chi connectivity index (χ2v) is 5.84. The van der Waals surface area contributed by atoms with Crippen LogP contribution in [0.2, 0.25) is 0 Å². The number of thiazole rings is 1. The fourth-order valence-electron chi connectivity index (χ4n) is 2.22. The van der Waals surface area contributed by atoms with Crippen LogP contribution in [0, 0.1) is 0 Å². The van der Waals surface area contributed by atoms with Gasteiger partial charge in [-0.1, -0.05) is 25.1 Å². The first-order valence-electron chi connectivity index (χ1n) is 7.17. The van der Waals surface area contributed by atoms with E-state index in [1.807, 2.05) is 18.2 Å². The van der Waals surface area contributed by atoms with Crippen LogP contribution in [0.25, 0.3) is 0 Å². The van der Waals surface area contributed by atoms with Crippen molar-refractivity contribution in [3.05, 3.63) is 40.9 Å². The molecule has 0 radical (unpaired) electrons. The Labute approximate surface area is 130 Å². The van der Waals surface area contributed by atoms with Crippen molar-refractivity contribution >= 4 is 16.5 Å². The van der Waals surface area contributed by atoms with Crippen molar-refractivity contribution in [3.63, 3.8) is 0 Å². The topological polar surface area (TPSA) is 37.4 Å². The molecule has 2 aromatic rings. The van der Waals surface area contributed by atoms with Gasteiger partial charge in [-0.05, 0) is 19.5 Å². The molecule has 5 heteroatoms. The highest BCUT2D eigenvalue weighted by atomic mass is 32.1. The summed E-state index contributed by atoms with van der Waals surface area (Å²) in [7, 11) is 3.77. The molecule has 4 nitrogen and oxygen atoms in total. The van der Waals surface area contributed by atoms with E-state index in [0.29, 0.717) is 6.04 Å². The van der Waals surface area contributed by atoms with E-state index in [1.54, 1.807) is 18.4 Å². The van der Waals surface area contributed by atoms with Crippen molar-refractivity contribution in [2.75, 3.05) is 25.6 Å². The molecule has 1 unspecified atom stereocenters. The molecule has 0 saturated carbocycles. The molecule has 0 saturated heterocycles.